The summed E-state index contributed by atoms with van der Waals surface area (Å²) in [5.74, 6) is -2.48. The highest BCUT2D eigenvalue weighted by Gasteiger charge is 2.33. The smallest absolute Gasteiger partial charge is 0.416 e. The van der Waals surface area contributed by atoms with Gasteiger partial charge in [0.25, 0.3) is 0 Å². The van der Waals surface area contributed by atoms with Crippen molar-refractivity contribution in [1.29, 1.82) is 5.26 Å². The summed E-state index contributed by atoms with van der Waals surface area (Å²) in [4.78, 5) is 16.2. The monoisotopic (exact) mass is 455 g/mol. The molecule has 0 bridgehead atoms. The molecule has 1 aromatic heterocycles. The maximum absolute atomic E-state index is 14.2. The van der Waals surface area contributed by atoms with Crippen LogP contribution in [0.4, 0.5) is 17.6 Å². The third-order valence-electron chi connectivity index (χ3n) is 4.32. The lowest BCUT2D eigenvalue weighted by molar-refractivity contribution is -0.146. The van der Waals surface area contributed by atoms with E-state index >= 15 is 0 Å². The predicted molar refractivity (Wildman–Crippen MR) is 102 cm³/mol. The van der Waals surface area contributed by atoms with Gasteiger partial charge < -0.3 is 14.0 Å². The van der Waals surface area contributed by atoms with Gasteiger partial charge in [-0.15, -0.1) is 0 Å². The molecule has 0 N–H and O–H groups in total. The number of carbonyl (C=O) groups excluding carboxylic acids is 1. The minimum Gasteiger partial charge on any atom is -0.464 e. The molecule has 3 aromatic rings. The van der Waals surface area contributed by atoms with Crippen molar-refractivity contribution in [2.24, 2.45) is 0 Å². The van der Waals surface area contributed by atoms with E-state index in [1.165, 1.54) is 22.8 Å². The lowest BCUT2D eigenvalue weighted by Crippen LogP contribution is -2.20. The molecule has 0 spiro atoms. The van der Waals surface area contributed by atoms with Gasteiger partial charge in [-0.2, -0.15) is 18.4 Å². The molecule has 0 aliphatic heterocycles. The number of halogens is 5. The zero-order valence-corrected chi connectivity index (χ0v) is 16.9. The van der Waals surface area contributed by atoms with Gasteiger partial charge in [0, 0.05) is 6.07 Å². The summed E-state index contributed by atoms with van der Waals surface area (Å²) >= 11 is 5.79. The van der Waals surface area contributed by atoms with Gasteiger partial charge in [-0.25, -0.2) is 14.2 Å². The Labute approximate surface area is 178 Å². The molecule has 1 unspecified atom stereocenters. The molecule has 1 atom stereocenters. The number of ether oxygens (including phenoxy) is 2. The van der Waals surface area contributed by atoms with Crippen LogP contribution in [-0.4, -0.2) is 22.1 Å². The summed E-state index contributed by atoms with van der Waals surface area (Å²) < 4.78 is 64.3. The van der Waals surface area contributed by atoms with Crippen molar-refractivity contribution in [2.75, 3.05) is 6.61 Å². The highest BCUT2D eigenvalue weighted by Crippen LogP contribution is 2.39. The first-order valence-corrected chi connectivity index (χ1v) is 9.27. The zero-order valence-electron chi connectivity index (χ0n) is 16.1. The molecule has 11 heteroatoms. The van der Waals surface area contributed by atoms with E-state index in [1.807, 2.05) is 6.07 Å². The van der Waals surface area contributed by atoms with Crippen molar-refractivity contribution in [1.82, 2.24) is 9.55 Å². The Morgan fingerprint density at radius 2 is 2.03 bits per heavy atom. The molecule has 0 radical (unpaired) electrons. The number of alkyl halides is 3. The Balaban J connectivity index is 2.00. The van der Waals surface area contributed by atoms with E-state index < -0.39 is 40.3 Å². The lowest BCUT2D eigenvalue weighted by Gasteiger charge is -2.14. The molecule has 31 heavy (non-hydrogen) atoms. The number of imidazole rings is 1. The quantitative estimate of drug-likeness (QED) is 0.368. The van der Waals surface area contributed by atoms with Crippen LogP contribution in [0.1, 0.15) is 31.3 Å². The maximum Gasteiger partial charge on any atom is 0.416 e. The number of aromatic nitrogens is 2. The molecule has 0 fully saturated rings. The summed E-state index contributed by atoms with van der Waals surface area (Å²) in [6, 6.07) is 6.09. The number of rotatable bonds is 5. The second kappa shape index (κ2) is 8.43. The van der Waals surface area contributed by atoms with E-state index in [0.717, 1.165) is 0 Å². The van der Waals surface area contributed by atoms with Crippen LogP contribution in [0, 0.1) is 17.1 Å². The third kappa shape index (κ3) is 4.41. The van der Waals surface area contributed by atoms with E-state index in [-0.39, 0.29) is 29.8 Å². The van der Waals surface area contributed by atoms with Crippen molar-refractivity contribution in [3.8, 4) is 17.6 Å². The SMILES string of the molecule is CCOC(=O)C(C)n1c(C#N)nc2cc(Oc3c(F)cc(C(F)(F)F)cc3Cl)ccc21. The highest BCUT2D eigenvalue weighted by molar-refractivity contribution is 6.32. The Hall–Kier alpha value is -3.32. The van der Waals surface area contributed by atoms with Gasteiger partial charge in [0.05, 0.1) is 28.2 Å². The molecule has 0 aliphatic rings. The lowest BCUT2D eigenvalue weighted by atomic mass is 10.2. The van der Waals surface area contributed by atoms with Crippen LogP contribution in [0.2, 0.25) is 5.02 Å². The molecule has 0 saturated carbocycles. The van der Waals surface area contributed by atoms with Gasteiger partial charge in [0.1, 0.15) is 17.9 Å². The number of carbonyl (C=O) groups is 1. The fourth-order valence-electron chi connectivity index (χ4n) is 2.92. The molecular weight excluding hydrogens is 442 g/mol. The Morgan fingerprint density at radius 1 is 1.32 bits per heavy atom. The fraction of sp³-hybridized carbons (Fsp3) is 0.250. The van der Waals surface area contributed by atoms with Crippen LogP contribution >= 0.6 is 11.6 Å². The summed E-state index contributed by atoms with van der Waals surface area (Å²) in [5.41, 5.74) is -0.597. The van der Waals surface area contributed by atoms with Crippen LogP contribution in [-0.2, 0) is 15.7 Å². The number of nitriles is 1. The Morgan fingerprint density at radius 3 is 2.61 bits per heavy atom. The van der Waals surface area contributed by atoms with E-state index in [0.29, 0.717) is 11.6 Å². The normalized spacial score (nSPS) is 12.5. The number of nitrogens with zero attached hydrogens (tertiary/aromatic N) is 3. The number of hydrogen-bond donors (Lipinski definition) is 0. The number of hydrogen-bond acceptors (Lipinski definition) is 5. The average Bonchev–Trinajstić information content (AvgIpc) is 3.07. The van der Waals surface area contributed by atoms with Gasteiger partial charge in [-0.3, -0.25) is 0 Å². The number of esters is 1. The predicted octanol–water partition coefficient (Wildman–Crippen LogP) is 5.64. The molecule has 6 nitrogen and oxygen atoms in total. The second-order valence-electron chi connectivity index (χ2n) is 6.36. The van der Waals surface area contributed by atoms with E-state index in [2.05, 4.69) is 4.98 Å². The Kier molecular flexibility index (Phi) is 6.08. The molecular formula is C20H14ClF4N3O3. The Bertz CT molecular complexity index is 1180. The van der Waals surface area contributed by atoms with Crippen LogP contribution in [0.25, 0.3) is 11.0 Å². The van der Waals surface area contributed by atoms with Gasteiger partial charge in [0.2, 0.25) is 5.82 Å². The third-order valence-corrected chi connectivity index (χ3v) is 4.60. The van der Waals surface area contributed by atoms with E-state index in [4.69, 9.17) is 21.1 Å². The first kappa shape index (κ1) is 22.4. The largest absolute Gasteiger partial charge is 0.464 e. The van der Waals surface area contributed by atoms with Crippen LogP contribution < -0.4 is 4.74 Å². The van der Waals surface area contributed by atoms with Crippen LogP contribution in [0.3, 0.4) is 0 Å². The topological polar surface area (TPSA) is 77.1 Å². The van der Waals surface area contributed by atoms with Crippen molar-refractivity contribution in [2.45, 2.75) is 26.1 Å². The van der Waals surface area contributed by atoms with E-state index in [9.17, 15) is 27.6 Å². The summed E-state index contributed by atoms with van der Waals surface area (Å²) in [5, 5.41) is 8.81. The number of fused-ring (bicyclic) bond motifs is 1. The van der Waals surface area contributed by atoms with Crippen molar-refractivity contribution < 1.29 is 31.8 Å². The van der Waals surface area contributed by atoms with E-state index in [1.54, 1.807) is 13.8 Å². The second-order valence-corrected chi connectivity index (χ2v) is 6.77. The van der Waals surface area contributed by atoms with Crippen LogP contribution in [0.5, 0.6) is 11.5 Å². The molecule has 2 aromatic carbocycles. The summed E-state index contributed by atoms with van der Waals surface area (Å²) in [6.45, 7) is 3.35. The highest BCUT2D eigenvalue weighted by atomic mass is 35.5. The molecule has 0 aliphatic carbocycles. The minimum atomic E-state index is -4.77. The molecule has 0 amide bonds. The minimum absolute atomic E-state index is 0.0194. The van der Waals surface area contributed by atoms with Gasteiger partial charge in [-0.05, 0) is 38.1 Å². The summed E-state index contributed by atoms with van der Waals surface area (Å²) in [7, 11) is 0. The van der Waals surface area contributed by atoms with Crippen molar-refractivity contribution >= 4 is 28.6 Å². The fourth-order valence-corrected chi connectivity index (χ4v) is 3.17. The first-order valence-electron chi connectivity index (χ1n) is 8.89. The average molecular weight is 456 g/mol. The maximum atomic E-state index is 14.2. The molecule has 162 valence electrons. The number of benzene rings is 2. The van der Waals surface area contributed by atoms with Gasteiger partial charge in [0.15, 0.2) is 11.6 Å². The van der Waals surface area contributed by atoms with Crippen molar-refractivity contribution in [3.05, 3.63) is 52.6 Å². The first-order chi connectivity index (χ1) is 14.6. The van der Waals surface area contributed by atoms with Gasteiger partial charge >= 0.3 is 12.1 Å². The van der Waals surface area contributed by atoms with Gasteiger partial charge in [-0.1, -0.05) is 11.6 Å². The molecule has 1 heterocycles. The zero-order chi connectivity index (χ0) is 22.9. The standard InChI is InChI=1S/C20H14ClF4N3O3/c1-3-30-19(29)10(2)28-16-5-4-12(8-15(16)27-17(28)9-26)31-18-13(21)6-11(7-14(18)22)20(23,24)25/h4-8,10H,3H2,1-2H3. The molecule has 3 rings (SSSR count). The van der Waals surface area contributed by atoms with Crippen LogP contribution in [0.15, 0.2) is 30.3 Å². The van der Waals surface area contributed by atoms with Crippen molar-refractivity contribution in [3.63, 3.8) is 0 Å². The molecule has 0 saturated heterocycles. The summed E-state index contributed by atoms with van der Waals surface area (Å²) in [6.07, 6.45) is -4.77.